The standard InChI is InChI=1S/C21H40N2O/c1-2-3-4-5-6-7-8-9-10-11-12-13-14-15-16-21-19-23(17-18-24)20-22-21/h19-20,24H,2-18H2,1H3/p+1. The van der Waals surface area contributed by atoms with Crippen LogP contribution >= 0.6 is 0 Å². The maximum absolute atomic E-state index is 8.90. The van der Waals surface area contributed by atoms with Crippen molar-refractivity contribution in [3.05, 3.63) is 18.2 Å². The fourth-order valence-electron chi connectivity index (χ4n) is 3.33. The number of unbranched alkanes of at least 4 members (excludes halogenated alkanes) is 13. The molecular formula is C21H41N2O+. The quantitative estimate of drug-likeness (QED) is 0.293. The third kappa shape index (κ3) is 11.7. The van der Waals surface area contributed by atoms with Gasteiger partial charge in [0.2, 0.25) is 6.33 Å². The largest absolute Gasteiger partial charge is 0.392 e. The molecule has 0 saturated heterocycles. The molecule has 1 aromatic heterocycles. The lowest BCUT2D eigenvalue weighted by Gasteiger charge is -2.02. The summed E-state index contributed by atoms with van der Waals surface area (Å²) in [5.74, 6) is 0. The first-order valence-electron chi connectivity index (χ1n) is 10.5. The van der Waals surface area contributed by atoms with Gasteiger partial charge < -0.3 is 5.11 Å². The Labute approximate surface area is 149 Å². The summed E-state index contributed by atoms with van der Waals surface area (Å²) >= 11 is 0. The molecule has 0 amide bonds. The number of H-pyrrole nitrogens is 1. The summed E-state index contributed by atoms with van der Waals surface area (Å²) in [6, 6.07) is 0. The molecule has 3 nitrogen and oxygen atoms in total. The van der Waals surface area contributed by atoms with Gasteiger partial charge in [0, 0.05) is 6.42 Å². The van der Waals surface area contributed by atoms with Gasteiger partial charge in [-0.15, -0.1) is 0 Å². The molecule has 0 spiro atoms. The van der Waals surface area contributed by atoms with Crippen molar-refractivity contribution in [1.82, 2.24) is 4.98 Å². The number of aromatic nitrogens is 2. The van der Waals surface area contributed by atoms with Crippen LogP contribution in [0.3, 0.4) is 0 Å². The molecule has 1 aromatic rings. The SMILES string of the molecule is CCCCCCCCCCCCCCCCc1c[n+](CCO)c[nH]1. The van der Waals surface area contributed by atoms with Gasteiger partial charge in [0.1, 0.15) is 18.4 Å². The van der Waals surface area contributed by atoms with Gasteiger partial charge in [-0.05, 0) is 6.42 Å². The van der Waals surface area contributed by atoms with Crippen LogP contribution in [0.1, 0.15) is 103 Å². The van der Waals surface area contributed by atoms with Crippen molar-refractivity contribution in [2.24, 2.45) is 0 Å². The molecule has 0 unspecified atom stereocenters. The van der Waals surface area contributed by atoms with Crippen LogP contribution < -0.4 is 4.57 Å². The topological polar surface area (TPSA) is 39.9 Å². The van der Waals surface area contributed by atoms with E-state index in [1.165, 1.54) is 95.6 Å². The fourth-order valence-corrected chi connectivity index (χ4v) is 3.33. The van der Waals surface area contributed by atoms with Gasteiger partial charge in [0.15, 0.2) is 0 Å². The van der Waals surface area contributed by atoms with Crippen LogP contribution in [-0.2, 0) is 13.0 Å². The van der Waals surface area contributed by atoms with Gasteiger partial charge in [-0.25, -0.2) is 9.55 Å². The first-order valence-corrected chi connectivity index (χ1v) is 10.5. The molecule has 0 fully saturated rings. The first-order chi connectivity index (χ1) is 11.9. The second kappa shape index (κ2) is 15.7. The van der Waals surface area contributed by atoms with E-state index in [0.29, 0.717) is 6.54 Å². The van der Waals surface area contributed by atoms with Crippen molar-refractivity contribution < 1.29 is 9.67 Å². The van der Waals surface area contributed by atoms with Gasteiger partial charge in [0.05, 0.1) is 6.61 Å². The number of aliphatic hydroxyl groups excluding tert-OH is 1. The van der Waals surface area contributed by atoms with E-state index in [1.807, 2.05) is 10.9 Å². The van der Waals surface area contributed by atoms with Gasteiger partial charge in [-0.2, -0.15) is 0 Å². The molecule has 0 radical (unpaired) electrons. The Morgan fingerprint density at radius 2 is 1.29 bits per heavy atom. The molecule has 0 aliphatic rings. The Hall–Kier alpha value is -0.830. The van der Waals surface area contributed by atoms with Gasteiger partial charge >= 0.3 is 0 Å². The molecule has 1 rings (SSSR count). The molecule has 24 heavy (non-hydrogen) atoms. The minimum Gasteiger partial charge on any atom is -0.392 e. The summed E-state index contributed by atoms with van der Waals surface area (Å²) in [7, 11) is 0. The third-order valence-corrected chi connectivity index (χ3v) is 4.90. The lowest BCUT2D eigenvalue weighted by atomic mass is 10.0. The van der Waals surface area contributed by atoms with Crippen LogP contribution in [0, 0.1) is 0 Å². The number of hydrogen-bond donors (Lipinski definition) is 2. The number of hydrogen-bond acceptors (Lipinski definition) is 1. The van der Waals surface area contributed by atoms with Crippen LogP contribution in [0.25, 0.3) is 0 Å². The molecule has 0 bridgehead atoms. The molecule has 0 aliphatic heterocycles. The molecule has 0 saturated carbocycles. The first kappa shape index (κ1) is 21.2. The Balaban J connectivity index is 1.79. The van der Waals surface area contributed by atoms with Crippen LogP contribution in [0.5, 0.6) is 0 Å². The average molecular weight is 338 g/mol. The molecule has 2 N–H and O–H groups in total. The molecular weight excluding hydrogens is 296 g/mol. The van der Waals surface area contributed by atoms with Crippen LogP contribution in [0.15, 0.2) is 12.5 Å². The summed E-state index contributed by atoms with van der Waals surface area (Å²) < 4.78 is 2.03. The van der Waals surface area contributed by atoms with E-state index in [0.717, 1.165) is 6.42 Å². The number of nitrogens with zero attached hydrogens (tertiary/aromatic N) is 1. The zero-order chi connectivity index (χ0) is 17.3. The lowest BCUT2D eigenvalue weighted by Crippen LogP contribution is -2.32. The smallest absolute Gasteiger partial charge is 0.241 e. The van der Waals surface area contributed by atoms with Gasteiger partial charge in [-0.3, -0.25) is 0 Å². The molecule has 140 valence electrons. The predicted octanol–water partition coefficient (Wildman–Crippen LogP) is 5.32. The van der Waals surface area contributed by atoms with Crippen molar-refractivity contribution >= 4 is 0 Å². The number of aromatic amines is 1. The van der Waals surface area contributed by atoms with E-state index in [9.17, 15) is 0 Å². The average Bonchev–Trinajstić information content (AvgIpc) is 3.03. The summed E-state index contributed by atoms with van der Waals surface area (Å²) in [6.07, 6.45) is 25.0. The molecule has 0 aromatic carbocycles. The van der Waals surface area contributed by atoms with Crippen molar-refractivity contribution in [3.63, 3.8) is 0 Å². The Morgan fingerprint density at radius 1 is 0.792 bits per heavy atom. The van der Waals surface area contributed by atoms with E-state index in [2.05, 4.69) is 18.1 Å². The Morgan fingerprint density at radius 3 is 1.79 bits per heavy atom. The Bertz CT molecular complexity index is 376. The second-order valence-corrected chi connectivity index (χ2v) is 7.24. The number of rotatable bonds is 17. The van der Waals surface area contributed by atoms with Crippen molar-refractivity contribution in [1.29, 1.82) is 0 Å². The van der Waals surface area contributed by atoms with Crippen LogP contribution in [0.2, 0.25) is 0 Å². The predicted molar refractivity (Wildman–Crippen MR) is 102 cm³/mol. The molecule has 1 heterocycles. The molecule has 0 atom stereocenters. The number of imidazole rings is 1. The molecule has 0 aliphatic carbocycles. The highest BCUT2D eigenvalue weighted by atomic mass is 16.3. The fraction of sp³-hybridized carbons (Fsp3) is 0.857. The van der Waals surface area contributed by atoms with Crippen molar-refractivity contribution in [3.8, 4) is 0 Å². The van der Waals surface area contributed by atoms with E-state index in [1.54, 1.807) is 0 Å². The van der Waals surface area contributed by atoms with E-state index < -0.39 is 0 Å². The van der Waals surface area contributed by atoms with Crippen molar-refractivity contribution in [2.45, 2.75) is 110 Å². The van der Waals surface area contributed by atoms with E-state index in [-0.39, 0.29) is 6.61 Å². The lowest BCUT2D eigenvalue weighted by molar-refractivity contribution is -0.697. The van der Waals surface area contributed by atoms with Crippen LogP contribution in [0.4, 0.5) is 0 Å². The highest BCUT2D eigenvalue weighted by molar-refractivity contribution is 4.89. The minimum atomic E-state index is 0.209. The monoisotopic (exact) mass is 337 g/mol. The highest BCUT2D eigenvalue weighted by Crippen LogP contribution is 2.13. The zero-order valence-corrected chi connectivity index (χ0v) is 16.1. The van der Waals surface area contributed by atoms with Gasteiger partial charge in [0.25, 0.3) is 0 Å². The maximum atomic E-state index is 8.90. The van der Waals surface area contributed by atoms with Crippen LogP contribution in [-0.4, -0.2) is 16.7 Å². The van der Waals surface area contributed by atoms with Gasteiger partial charge in [-0.1, -0.05) is 90.4 Å². The van der Waals surface area contributed by atoms with E-state index >= 15 is 0 Å². The minimum absolute atomic E-state index is 0.209. The Kier molecular flexibility index (Phi) is 13.9. The summed E-state index contributed by atoms with van der Waals surface area (Å²) in [5.41, 5.74) is 1.29. The number of aliphatic hydroxyl groups is 1. The third-order valence-electron chi connectivity index (χ3n) is 4.90. The second-order valence-electron chi connectivity index (χ2n) is 7.24. The highest BCUT2D eigenvalue weighted by Gasteiger charge is 2.04. The summed E-state index contributed by atoms with van der Waals surface area (Å²) in [6.45, 7) is 3.18. The normalized spacial score (nSPS) is 11.2. The van der Waals surface area contributed by atoms with E-state index in [4.69, 9.17) is 5.11 Å². The summed E-state index contributed by atoms with van der Waals surface area (Å²) in [4.78, 5) is 3.29. The van der Waals surface area contributed by atoms with Crippen molar-refractivity contribution in [2.75, 3.05) is 6.61 Å². The molecule has 3 heteroatoms. The zero-order valence-electron chi connectivity index (χ0n) is 16.1. The maximum Gasteiger partial charge on any atom is 0.241 e. The summed E-state index contributed by atoms with van der Waals surface area (Å²) in [5, 5.41) is 8.90. The number of aryl methyl sites for hydroxylation is 1. The number of nitrogens with one attached hydrogen (secondary N) is 1.